The number of nitrogens with zero attached hydrogens (tertiary/aromatic N) is 5. The Labute approximate surface area is 165 Å². The summed E-state index contributed by atoms with van der Waals surface area (Å²) in [6.07, 6.45) is 1.80. The average Bonchev–Trinajstić information content (AvgIpc) is 3.19. The highest BCUT2D eigenvalue weighted by molar-refractivity contribution is 5.77. The molecule has 0 aliphatic rings. The molecule has 0 atom stereocenters. The molecule has 150 valence electrons. The van der Waals surface area contributed by atoms with E-state index in [1.54, 1.807) is 17.5 Å². The van der Waals surface area contributed by atoms with Crippen molar-refractivity contribution >= 4 is 22.9 Å². The Bertz CT molecular complexity index is 1370. The lowest BCUT2D eigenvalue weighted by atomic mass is 10.2. The largest absolute Gasteiger partial charge is 0.465 e. The second-order valence-corrected chi connectivity index (χ2v) is 6.93. The predicted octanol–water partition coefficient (Wildman–Crippen LogP) is 1.32. The maximum atomic E-state index is 13.1. The number of ether oxygens (including phenoxy) is 1. The normalized spacial score (nSPS) is 11.4. The molecule has 0 aliphatic heterocycles. The van der Waals surface area contributed by atoms with Crippen LogP contribution in [0.25, 0.3) is 22.6 Å². The van der Waals surface area contributed by atoms with Gasteiger partial charge in [-0.1, -0.05) is 17.7 Å². The summed E-state index contributed by atoms with van der Waals surface area (Å²) in [7, 11) is 1.53. The zero-order valence-corrected chi connectivity index (χ0v) is 16.7. The predicted molar refractivity (Wildman–Crippen MR) is 108 cm³/mol. The van der Waals surface area contributed by atoms with E-state index >= 15 is 0 Å². The zero-order chi connectivity index (χ0) is 20.9. The first-order valence-corrected chi connectivity index (χ1v) is 9.26. The van der Waals surface area contributed by atoms with E-state index in [0.29, 0.717) is 5.78 Å². The molecule has 0 saturated carbocycles. The number of imidazole rings is 2. The van der Waals surface area contributed by atoms with Crippen LogP contribution in [0, 0.1) is 13.8 Å². The molecule has 9 heteroatoms. The number of esters is 1. The van der Waals surface area contributed by atoms with Crippen LogP contribution >= 0.6 is 0 Å². The van der Waals surface area contributed by atoms with Gasteiger partial charge >= 0.3 is 11.7 Å². The van der Waals surface area contributed by atoms with Gasteiger partial charge in [-0.3, -0.25) is 23.1 Å². The molecule has 3 heterocycles. The SMILES string of the molecule is CCOC(=O)Cn1c(=O)c2c(nc3n(-c4ccc(C)cc4)c(C)cn23)n(C)c1=O. The molecule has 1 aromatic carbocycles. The van der Waals surface area contributed by atoms with Crippen molar-refractivity contribution < 1.29 is 9.53 Å². The van der Waals surface area contributed by atoms with E-state index < -0.39 is 23.8 Å². The molecule has 4 aromatic rings. The Morgan fingerprint density at radius 2 is 1.83 bits per heavy atom. The molecule has 9 nitrogen and oxygen atoms in total. The van der Waals surface area contributed by atoms with E-state index in [4.69, 9.17) is 4.74 Å². The lowest BCUT2D eigenvalue weighted by Gasteiger charge is -2.07. The Morgan fingerprint density at radius 1 is 1.14 bits per heavy atom. The van der Waals surface area contributed by atoms with Crippen molar-refractivity contribution in [2.24, 2.45) is 7.05 Å². The van der Waals surface area contributed by atoms with Gasteiger partial charge in [0.05, 0.1) is 6.61 Å². The van der Waals surface area contributed by atoms with Crippen molar-refractivity contribution in [1.29, 1.82) is 0 Å². The third-order valence-corrected chi connectivity index (χ3v) is 4.91. The third kappa shape index (κ3) is 2.86. The number of carbonyl (C=O) groups is 1. The van der Waals surface area contributed by atoms with Crippen molar-refractivity contribution in [2.75, 3.05) is 6.61 Å². The Kier molecular flexibility index (Phi) is 4.37. The highest BCUT2D eigenvalue weighted by Crippen LogP contribution is 2.21. The van der Waals surface area contributed by atoms with Crippen LogP contribution in [0.2, 0.25) is 0 Å². The summed E-state index contributed by atoms with van der Waals surface area (Å²) in [5, 5.41) is 0. The topological polar surface area (TPSA) is 92.5 Å². The third-order valence-electron chi connectivity index (χ3n) is 4.91. The molecule has 0 aliphatic carbocycles. The van der Waals surface area contributed by atoms with Gasteiger partial charge in [0.15, 0.2) is 11.2 Å². The fraction of sp³-hybridized carbons (Fsp3) is 0.300. The molecule has 0 spiro atoms. The van der Waals surface area contributed by atoms with Gasteiger partial charge in [-0.2, -0.15) is 4.98 Å². The van der Waals surface area contributed by atoms with E-state index in [9.17, 15) is 14.4 Å². The van der Waals surface area contributed by atoms with Gasteiger partial charge in [0, 0.05) is 24.6 Å². The summed E-state index contributed by atoms with van der Waals surface area (Å²) >= 11 is 0. The molecule has 0 bridgehead atoms. The lowest BCUT2D eigenvalue weighted by Crippen LogP contribution is -2.41. The van der Waals surface area contributed by atoms with E-state index in [1.165, 1.54) is 11.6 Å². The van der Waals surface area contributed by atoms with E-state index in [0.717, 1.165) is 21.5 Å². The minimum Gasteiger partial charge on any atom is -0.465 e. The summed E-state index contributed by atoms with van der Waals surface area (Å²) in [6, 6.07) is 7.94. The van der Waals surface area contributed by atoms with Crippen molar-refractivity contribution in [3.63, 3.8) is 0 Å². The first-order chi connectivity index (χ1) is 13.8. The van der Waals surface area contributed by atoms with Gasteiger partial charge < -0.3 is 4.74 Å². The molecule has 0 radical (unpaired) electrons. The number of fused-ring (bicyclic) bond motifs is 3. The molecule has 0 saturated heterocycles. The van der Waals surface area contributed by atoms with Crippen molar-refractivity contribution in [3.05, 3.63) is 62.6 Å². The maximum Gasteiger partial charge on any atom is 0.333 e. The second kappa shape index (κ2) is 6.77. The van der Waals surface area contributed by atoms with Gasteiger partial charge in [-0.05, 0) is 32.9 Å². The summed E-state index contributed by atoms with van der Waals surface area (Å²) in [6.45, 7) is 5.32. The number of hydrogen-bond donors (Lipinski definition) is 0. The summed E-state index contributed by atoms with van der Waals surface area (Å²) in [5.41, 5.74) is 2.21. The highest BCUT2D eigenvalue weighted by Gasteiger charge is 2.21. The fourth-order valence-electron chi connectivity index (χ4n) is 3.50. The minimum absolute atomic E-state index is 0.172. The summed E-state index contributed by atoms with van der Waals surface area (Å²) in [4.78, 5) is 42.2. The lowest BCUT2D eigenvalue weighted by molar-refractivity contribution is -0.143. The van der Waals surface area contributed by atoms with Crippen molar-refractivity contribution in [1.82, 2.24) is 23.1 Å². The molecule has 4 rings (SSSR count). The fourth-order valence-corrected chi connectivity index (χ4v) is 3.50. The number of carbonyl (C=O) groups excluding carboxylic acids is 1. The second-order valence-electron chi connectivity index (χ2n) is 6.93. The highest BCUT2D eigenvalue weighted by atomic mass is 16.5. The molecule has 0 unspecified atom stereocenters. The standard InChI is InChI=1S/C20H21N5O4/c1-5-29-15(26)11-24-18(27)16-17(22(4)20(24)28)21-19-23(16)10-13(3)25(19)14-8-6-12(2)7-9-14/h6-10H,5,11H2,1-4H3. The van der Waals surface area contributed by atoms with Crippen LogP contribution in [-0.2, 0) is 23.1 Å². The van der Waals surface area contributed by atoms with Gasteiger partial charge in [0.2, 0.25) is 5.78 Å². The monoisotopic (exact) mass is 395 g/mol. The molecule has 0 N–H and O–H groups in total. The Morgan fingerprint density at radius 3 is 2.48 bits per heavy atom. The van der Waals surface area contributed by atoms with Crippen molar-refractivity contribution in [3.8, 4) is 5.69 Å². The number of aryl methyl sites for hydroxylation is 3. The van der Waals surface area contributed by atoms with Crippen molar-refractivity contribution in [2.45, 2.75) is 27.3 Å². The first-order valence-electron chi connectivity index (χ1n) is 9.26. The molecule has 29 heavy (non-hydrogen) atoms. The number of benzene rings is 1. The average molecular weight is 395 g/mol. The van der Waals surface area contributed by atoms with Gasteiger partial charge in [-0.25, -0.2) is 9.36 Å². The maximum absolute atomic E-state index is 13.1. The smallest absolute Gasteiger partial charge is 0.333 e. The summed E-state index contributed by atoms with van der Waals surface area (Å²) < 4.78 is 10.6. The first kappa shape index (κ1) is 18.7. The Hall–Kier alpha value is -3.62. The molecule has 0 fully saturated rings. The van der Waals surface area contributed by atoms with Gasteiger partial charge in [0.25, 0.3) is 5.56 Å². The van der Waals surface area contributed by atoms with Crippen LogP contribution in [0.5, 0.6) is 0 Å². The van der Waals surface area contributed by atoms with Crippen LogP contribution in [0.1, 0.15) is 18.2 Å². The molecular formula is C20H21N5O4. The summed E-state index contributed by atoms with van der Waals surface area (Å²) in [5.74, 6) is -0.123. The van der Waals surface area contributed by atoms with E-state index in [2.05, 4.69) is 4.98 Å². The van der Waals surface area contributed by atoms with Crippen LogP contribution in [-0.4, -0.2) is 35.7 Å². The number of hydrogen-bond acceptors (Lipinski definition) is 5. The zero-order valence-electron chi connectivity index (χ0n) is 16.7. The van der Waals surface area contributed by atoms with Gasteiger partial charge in [0.1, 0.15) is 6.54 Å². The molecular weight excluding hydrogens is 374 g/mol. The molecule has 0 amide bonds. The number of rotatable bonds is 4. The van der Waals surface area contributed by atoms with Crippen LogP contribution in [0.15, 0.2) is 40.1 Å². The van der Waals surface area contributed by atoms with Crippen LogP contribution in [0.3, 0.4) is 0 Å². The van der Waals surface area contributed by atoms with E-state index in [-0.39, 0.29) is 17.8 Å². The van der Waals surface area contributed by atoms with E-state index in [1.807, 2.05) is 42.7 Å². The van der Waals surface area contributed by atoms with Crippen LogP contribution < -0.4 is 11.2 Å². The quantitative estimate of drug-likeness (QED) is 0.486. The van der Waals surface area contributed by atoms with Gasteiger partial charge in [-0.15, -0.1) is 0 Å². The minimum atomic E-state index is -0.639. The number of aromatic nitrogens is 5. The van der Waals surface area contributed by atoms with Crippen LogP contribution in [0.4, 0.5) is 0 Å². The molecule has 3 aromatic heterocycles. The Balaban J connectivity index is 2.02.